The summed E-state index contributed by atoms with van der Waals surface area (Å²) in [6.07, 6.45) is 7.25. The van der Waals surface area contributed by atoms with Crippen molar-refractivity contribution in [1.29, 1.82) is 0 Å². The van der Waals surface area contributed by atoms with E-state index in [9.17, 15) is 4.39 Å². The number of halogens is 1. The van der Waals surface area contributed by atoms with Gasteiger partial charge in [0.15, 0.2) is 11.6 Å². The quantitative estimate of drug-likeness (QED) is 0.744. The molecule has 1 aromatic carbocycles. The van der Waals surface area contributed by atoms with Gasteiger partial charge in [-0.15, -0.1) is 0 Å². The molecule has 0 bridgehead atoms. The Kier molecular flexibility index (Phi) is 3.51. The molecule has 0 atom stereocenters. The molecule has 1 aliphatic rings. The van der Waals surface area contributed by atoms with E-state index in [0.717, 1.165) is 18.4 Å². The predicted octanol–water partition coefficient (Wildman–Crippen LogP) is 4.57. The van der Waals surface area contributed by atoms with Gasteiger partial charge < -0.3 is 4.74 Å². The number of hydrogen-bond donors (Lipinski definition) is 0. The summed E-state index contributed by atoms with van der Waals surface area (Å²) in [5.74, 6) is 0.0641. The van der Waals surface area contributed by atoms with E-state index < -0.39 is 0 Å². The third-order valence-corrected chi connectivity index (χ3v) is 3.46. The molecule has 1 fully saturated rings. The molecule has 0 aliphatic heterocycles. The molecular weight excluding hydrogens is 215 g/mol. The van der Waals surface area contributed by atoms with Gasteiger partial charge in [-0.25, -0.2) is 4.39 Å². The van der Waals surface area contributed by atoms with Crippen LogP contribution in [0.25, 0.3) is 6.08 Å². The lowest BCUT2D eigenvalue weighted by atomic mass is 9.86. The molecular formula is C15H19FO. The highest BCUT2D eigenvalue weighted by Crippen LogP contribution is 2.33. The van der Waals surface area contributed by atoms with Gasteiger partial charge >= 0.3 is 0 Å². The highest BCUT2D eigenvalue weighted by molar-refractivity contribution is 5.48. The second-order valence-corrected chi connectivity index (χ2v) is 5.01. The summed E-state index contributed by atoms with van der Waals surface area (Å²) in [7, 11) is 0. The Labute approximate surface area is 102 Å². The summed E-state index contributed by atoms with van der Waals surface area (Å²) in [6.45, 7) is 5.70. The summed E-state index contributed by atoms with van der Waals surface area (Å²) in [5, 5.41) is 0. The number of hydrogen-bond acceptors (Lipinski definition) is 1. The summed E-state index contributed by atoms with van der Waals surface area (Å²) in [4.78, 5) is 0. The van der Waals surface area contributed by atoms with E-state index in [-0.39, 0.29) is 11.4 Å². The van der Waals surface area contributed by atoms with Gasteiger partial charge in [-0.05, 0) is 50.3 Å². The van der Waals surface area contributed by atoms with Crippen LogP contribution in [0, 0.1) is 5.82 Å². The van der Waals surface area contributed by atoms with Gasteiger partial charge in [0.1, 0.15) is 5.60 Å². The number of ether oxygens (including phenoxy) is 1. The molecule has 0 saturated heterocycles. The zero-order valence-electron chi connectivity index (χ0n) is 10.3. The maximum Gasteiger partial charge on any atom is 0.165 e. The molecule has 1 aromatic rings. The van der Waals surface area contributed by atoms with Crippen LogP contribution in [0.3, 0.4) is 0 Å². The SMILES string of the molecule is C=Cc1ccc(OC2(C)CCCCC2)c(F)c1. The maximum absolute atomic E-state index is 13.8. The Morgan fingerprint density at radius 1 is 1.29 bits per heavy atom. The Morgan fingerprint density at radius 3 is 2.59 bits per heavy atom. The molecule has 1 saturated carbocycles. The molecule has 92 valence electrons. The maximum atomic E-state index is 13.8. The molecule has 1 aliphatic carbocycles. The van der Waals surface area contributed by atoms with Crippen molar-refractivity contribution >= 4 is 6.08 Å². The second-order valence-electron chi connectivity index (χ2n) is 5.01. The summed E-state index contributed by atoms with van der Waals surface area (Å²) >= 11 is 0. The third kappa shape index (κ3) is 2.87. The molecule has 0 heterocycles. The molecule has 17 heavy (non-hydrogen) atoms. The molecule has 0 aromatic heterocycles. The Morgan fingerprint density at radius 2 is 2.00 bits per heavy atom. The fourth-order valence-electron chi connectivity index (χ4n) is 2.39. The van der Waals surface area contributed by atoms with E-state index >= 15 is 0 Å². The standard InChI is InChI=1S/C15H19FO/c1-3-12-7-8-14(13(16)11-12)17-15(2)9-5-4-6-10-15/h3,7-8,11H,1,4-6,9-10H2,2H3. The van der Waals surface area contributed by atoms with Crippen molar-refractivity contribution in [3.05, 3.63) is 36.2 Å². The third-order valence-electron chi connectivity index (χ3n) is 3.46. The van der Waals surface area contributed by atoms with E-state index in [0.29, 0.717) is 5.75 Å². The van der Waals surface area contributed by atoms with Gasteiger partial charge in [0.2, 0.25) is 0 Å². The molecule has 1 nitrogen and oxygen atoms in total. The van der Waals surface area contributed by atoms with Crippen molar-refractivity contribution in [2.45, 2.75) is 44.6 Å². The van der Waals surface area contributed by atoms with Gasteiger partial charge in [0.05, 0.1) is 0 Å². The molecule has 0 unspecified atom stereocenters. The smallest absolute Gasteiger partial charge is 0.165 e. The first-order valence-corrected chi connectivity index (χ1v) is 6.24. The van der Waals surface area contributed by atoms with E-state index in [1.54, 1.807) is 12.1 Å². The lowest BCUT2D eigenvalue weighted by Gasteiger charge is -2.34. The van der Waals surface area contributed by atoms with E-state index in [1.165, 1.54) is 25.3 Å². The van der Waals surface area contributed by atoms with Crippen LogP contribution < -0.4 is 4.74 Å². The molecule has 2 heteroatoms. The summed E-state index contributed by atoms with van der Waals surface area (Å²) in [6, 6.07) is 5.00. The van der Waals surface area contributed by atoms with Crippen LogP contribution in [0.5, 0.6) is 5.75 Å². The van der Waals surface area contributed by atoms with Crippen LogP contribution in [-0.2, 0) is 0 Å². The second kappa shape index (κ2) is 4.91. The first-order valence-electron chi connectivity index (χ1n) is 6.24. The number of benzene rings is 1. The highest BCUT2D eigenvalue weighted by atomic mass is 19.1. The molecule has 0 amide bonds. The zero-order chi connectivity index (χ0) is 12.3. The molecule has 2 rings (SSSR count). The fourth-order valence-corrected chi connectivity index (χ4v) is 2.39. The Hall–Kier alpha value is -1.31. The molecule has 0 spiro atoms. The lowest BCUT2D eigenvalue weighted by Crippen LogP contribution is -2.34. The lowest BCUT2D eigenvalue weighted by molar-refractivity contribution is 0.0447. The van der Waals surface area contributed by atoms with Crippen LogP contribution in [0.2, 0.25) is 0 Å². The highest BCUT2D eigenvalue weighted by Gasteiger charge is 2.29. The monoisotopic (exact) mass is 234 g/mol. The average molecular weight is 234 g/mol. The predicted molar refractivity (Wildman–Crippen MR) is 68.6 cm³/mol. The van der Waals surface area contributed by atoms with Crippen LogP contribution in [0.15, 0.2) is 24.8 Å². The molecule has 0 N–H and O–H groups in total. The van der Waals surface area contributed by atoms with E-state index in [1.807, 2.05) is 6.07 Å². The van der Waals surface area contributed by atoms with Crippen molar-refractivity contribution in [2.24, 2.45) is 0 Å². The minimum Gasteiger partial charge on any atom is -0.485 e. The van der Waals surface area contributed by atoms with Crippen molar-refractivity contribution in [1.82, 2.24) is 0 Å². The van der Waals surface area contributed by atoms with Crippen molar-refractivity contribution in [2.75, 3.05) is 0 Å². The first kappa shape index (κ1) is 12.2. The minimum absolute atomic E-state index is 0.200. The van der Waals surface area contributed by atoms with E-state index in [2.05, 4.69) is 13.5 Å². The van der Waals surface area contributed by atoms with Crippen molar-refractivity contribution < 1.29 is 9.13 Å². The Bertz CT molecular complexity index is 405. The zero-order valence-corrected chi connectivity index (χ0v) is 10.3. The van der Waals surface area contributed by atoms with Crippen molar-refractivity contribution in [3.63, 3.8) is 0 Å². The largest absolute Gasteiger partial charge is 0.485 e. The van der Waals surface area contributed by atoms with Gasteiger partial charge in [0.25, 0.3) is 0 Å². The summed E-state index contributed by atoms with van der Waals surface area (Å²) < 4.78 is 19.7. The molecule has 0 radical (unpaired) electrons. The van der Waals surface area contributed by atoms with Crippen LogP contribution in [0.1, 0.15) is 44.6 Å². The average Bonchev–Trinajstić information content (AvgIpc) is 2.32. The summed E-state index contributed by atoms with van der Waals surface area (Å²) in [5.41, 5.74) is 0.582. The normalized spacial score (nSPS) is 18.7. The van der Waals surface area contributed by atoms with Crippen LogP contribution >= 0.6 is 0 Å². The van der Waals surface area contributed by atoms with Gasteiger partial charge in [-0.1, -0.05) is 25.1 Å². The van der Waals surface area contributed by atoms with Crippen molar-refractivity contribution in [3.8, 4) is 5.75 Å². The first-order chi connectivity index (χ1) is 8.13. The minimum atomic E-state index is -0.297. The fraction of sp³-hybridized carbons (Fsp3) is 0.467. The van der Waals surface area contributed by atoms with E-state index in [4.69, 9.17) is 4.74 Å². The van der Waals surface area contributed by atoms with Gasteiger partial charge in [0, 0.05) is 0 Å². The van der Waals surface area contributed by atoms with Crippen LogP contribution in [-0.4, -0.2) is 5.60 Å². The number of rotatable bonds is 3. The topological polar surface area (TPSA) is 9.23 Å². The Balaban J connectivity index is 2.15. The van der Waals surface area contributed by atoms with Crippen LogP contribution in [0.4, 0.5) is 4.39 Å². The van der Waals surface area contributed by atoms with Gasteiger partial charge in [-0.3, -0.25) is 0 Å². The van der Waals surface area contributed by atoms with Gasteiger partial charge in [-0.2, -0.15) is 0 Å².